The van der Waals surface area contributed by atoms with E-state index in [-0.39, 0.29) is 17.9 Å². The minimum atomic E-state index is -0.0245. The van der Waals surface area contributed by atoms with Crippen LogP contribution < -0.4 is 10.6 Å². The zero-order valence-electron chi connectivity index (χ0n) is 19.7. The molecule has 2 aromatic heterocycles. The molecule has 0 radical (unpaired) electrons. The number of nitrogens with zero attached hydrogens (tertiary/aromatic N) is 2. The number of piperidine rings is 1. The Kier molecular flexibility index (Phi) is 6.72. The van der Waals surface area contributed by atoms with Crippen LogP contribution in [0, 0.1) is 6.92 Å². The topological polar surface area (TPSA) is 59.0 Å². The Bertz CT molecular complexity index is 1260. The van der Waals surface area contributed by atoms with Crippen LogP contribution in [0.3, 0.4) is 0 Å². The fourth-order valence-electron chi connectivity index (χ4n) is 5.09. The van der Waals surface area contributed by atoms with E-state index in [1.165, 1.54) is 22.3 Å². The highest BCUT2D eigenvalue weighted by Crippen LogP contribution is 2.35. The number of carbonyl (C=O) groups excluding carboxylic acids is 1. The molecule has 2 N–H and O–H groups in total. The predicted octanol–water partition coefficient (Wildman–Crippen LogP) is 4.78. The van der Waals surface area contributed by atoms with E-state index in [9.17, 15) is 4.79 Å². The summed E-state index contributed by atoms with van der Waals surface area (Å²) in [6, 6.07) is 21.4. The van der Waals surface area contributed by atoms with Gasteiger partial charge in [0.2, 0.25) is 5.91 Å². The van der Waals surface area contributed by atoms with Gasteiger partial charge in [0.05, 0.1) is 11.7 Å². The molecule has 3 heterocycles. The zero-order chi connectivity index (χ0) is 23.3. The molecule has 1 aliphatic rings. The molecule has 1 atom stereocenters. The van der Waals surface area contributed by atoms with Crippen molar-refractivity contribution in [2.75, 3.05) is 13.1 Å². The minimum absolute atomic E-state index is 0.0245. The molecule has 0 bridgehead atoms. The lowest BCUT2D eigenvalue weighted by atomic mass is 9.87. The van der Waals surface area contributed by atoms with Crippen LogP contribution in [0.15, 0.2) is 79.3 Å². The highest BCUT2D eigenvalue weighted by molar-refractivity contribution is 5.86. The van der Waals surface area contributed by atoms with Crippen molar-refractivity contribution in [1.29, 1.82) is 0 Å². The first kappa shape index (κ1) is 22.4. The molecule has 1 saturated heterocycles. The average Bonchev–Trinajstić information content (AvgIpc) is 3.22. The molecule has 1 fully saturated rings. The maximum Gasteiger partial charge on any atom is 0.221 e. The molecule has 174 valence electrons. The fraction of sp³-hybridized carbons (Fsp3) is 0.310. The Morgan fingerprint density at radius 2 is 1.94 bits per heavy atom. The fourth-order valence-corrected chi connectivity index (χ4v) is 5.09. The third-order valence-corrected chi connectivity index (χ3v) is 6.82. The number of hydrogen-bond donors (Lipinski definition) is 2. The summed E-state index contributed by atoms with van der Waals surface area (Å²) in [6.07, 6.45) is 8.42. The van der Waals surface area contributed by atoms with Crippen LogP contribution in [0.2, 0.25) is 0 Å². The second kappa shape index (κ2) is 10.2. The van der Waals surface area contributed by atoms with Crippen molar-refractivity contribution in [3.05, 3.63) is 102 Å². The molecular formula is C29H32N4O. The molecule has 0 aliphatic carbocycles. The van der Waals surface area contributed by atoms with Crippen molar-refractivity contribution in [2.45, 2.75) is 44.7 Å². The number of fused-ring (bicyclic) bond motifs is 1. The number of nitrogens with one attached hydrogen (secondary N) is 2. The summed E-state index contributed by atoms with van der Waals surface area (Å²) in [6.45, 7) is 4.81. The van der Waals surface area contributed by atoms with Crippen molar-refractivity contribution >= 4 is 16.8 Å². The summed E-state index contributed by atoms with van der Waals surface area (Å²) >= 11 is 0. The van der Waals surface area contributed by atoms with E-state index >= 15 is 0 Å². The van der Waals surface area contributed by atoms with E-state index in [2.05, 4.69) is 87.9 Å². The van der Waals surface area contributed by atoms with Gasteiger partial charge in [-0.2, -0.15) is 0 Å². The van der Waals surface area contributed by atoms with Gasteiger partial charge in [-0.15, -0.1) is 0 Å². The van der Waals surface area contributed by atoms with Gasteiger partial charge >= 0.3 is 0 Å². The maximum atomic E-state index is 13.2. The first-order valence-electron chi connectivity index (χ1n) is 12.2. The average molecular weight is 453 g/mol. The van der Waals surface area contributed by atoms with Gasteiger partial charge in [-0.25, -0.2) is 0 Å². The molecule has 4 aromatic rings. The number of pyridine rings is 1. The maximum absolute atomic E-state index is 13.2. The van der Waals surface area contributed by atoms with Crippen LogP contribution in [-0.2, 0) is 11.3 Å². The van der Waals surface area contributed by atoms with E-state index in [1.807, 2.05) is 18.5 Å². The lowest BCUT2D eigenvalue weighted by Gasteiger charge is -2.25. The summed E-state index contributed by atoms with van der Waals surface area (Å²) < 4.78 is 2.26. The molecule has 1 aliphatic heterocycles. The number of aromatic nitrogens is 2. The van der Waals surface area contributed by atoms with Crippen LogP contribution in [0.4, 0.5) is 0 Å². The molecule has 0 spiro atoms. The van der Waals surface area contributed by atoms with Gasteiger partial charge in [0.25, 0.3) is 0 Å². The van der Waals surface area contributed by atoms with E-state index < -0.39 is 0 Å². The molecule has 0 saturated carbocycles. The Morgan fingerprint density at radius 3 is 2.74 bits per heavy atom. The number of amides is 1. The monoisotopic (exact) mass is 452 g/mol. The smallest absolute Gasteiger partial charge is 0.221 e. The van der Waals surface area contributed by atoms with Gasteiger partial charge in [0, 0.05) is 42.7 Å². The van der Waals surface area contributed by atoms with E-state index in [1.54, 1.807) is 0 Å². The Hall–Kier alpha value is -3.44. The highest BCUT2D eigenvalue weighted by Gasteiger charge is 2.25. The van der Waals surface area contributed by atoms with Crippen LogP contribution in [-0.4, -0.2) is 34.6 Å². The summed E-state index contributed by atoms with van der Waals surface area (Å²) in [7, 11) is 0. The van der Waals surface area contributed by atoms with Gasteiger partial charge in [-0.3, -0.25) is 9.78 Å². The number of rotatable bonds is 7. The summed E-state index contributed by atoms with van der Waals surface area (Å²) in [5.74, 6) is 0.0972. The van der Waals surface area contributed by atoms with Crippen LogP contribution in [0.1, 0.15) is 47.4 Å². The number of hydrogen-bond acceptors (Lipinski definition) is 3. The third kappa shape index (κ3) is 5.05. The molecular weight excluding hydrogens is 420 g/mol. The van der Waals surface area contributed by atoms with Crippen LogP contribution >= 0.6 is 0 Å². The molecule has 1 amide bonds. The van der Waals surface area contributed by atoms with E-state index in [4.69, 9.17) is 0 Å². The quantitative estimate of drug-likeness (QED) is 0.424. The summed E-state index contributed by atoms with van der Waals surface area (Å²) in [5.41, 5.74) is 5.90. The van der Waals surface area contributed by atoms with Crippen molar-refractivity contribution in [3.8, 4) is 0 Å². The second-order valence-electron chi connectivity index (χ2n) is 9.35. The number of aryl methyl sites for hydroxylation is 1. The van der Waals surface area contributed by atoms with E-state index in [0.29, 0.717) is 6.42 Å². The van der Waals surface area contributed by atoms with Crippen LogP contribution in [0.25, 0.3) is 10.9 Å². The minimum Gasteiger partial charge on any atom is -0.353 e. The molecule has 2 aromatic carbocycles. The lowest BCUT2D eigenvalue weighted by Crippen LogP contribution is -2.43. The Morgan fingerprint density at radius 1 is 1.12 bits per heavy atom. The second-order valence-corrected chi connectivity index (χ2v) is 9.35. The molecule has 5 rings (SSSR count). The summed E-state index contributed by atoms with van der Waals surface area (Å²) in [5, 5.41) is 7.83. The number of benzene rings is 2. The predicted molar refractivity (Wildman–Crippen MR) is 137 cm³/mol. The lowest BCUT2D eigenvalue weighted by molar-refractivity contribution is -0.122. The van der Waals surface area contributed by atoms with Gasteiger partial charge in [0.15, 0.2) is 0 Å². The zero-order valence-corrected chi connectivity index (χ0v) is 19.7. The largest absolute Gasteiger partial charge is 0.353 e. The van der Waals surface area contributed by atoms with Crippen molar-refractivity contribution in [2.24, 2.45) is 0 Å². The standard InChI is InChI=1S/C29H32N4O/c1-21-6-5-9-23(16-21)26(17-29(34)32-24-10-13-30-14-11-24)27-20-33(19-22-7-3-2-4-8-22)28-18-31-15-12-25(27)28/h2-9,12,15-16,18,20,24,26,30H,10-11,13-14,17,19H2,1H3,(H,32,34). The first-order chi connectivity index (χ1) is 16.7. The van der Waals surface area contributed by atoms with Gasteiger partial charge in [0.1, 0.15) is 0 Å². The van der Waals surface area contributed by atoms with E-state index in [0.717, 1.165) is 43.4 Å². The Balaban J connectivity index is 1.51. The van der Waals surface area contributed by atoms with Gasteiger partial charge < -0.3 is 15.2 Å². The summed E-state index contributed by atoms with van der Waals surface area (Å²) in [4.78, 5) is 17.6. The van der Waals surface area contributed by atoms with Crippen molar-refractivity contribution in [1.82, 2.24) is 20.2 Å². The number of carbonyl (C=O) groups is 1. The molecule has 5 nitrogen and oxygen atoms in total. The highest BCUT2D eigenvalue weighted by atomic mass is 16.1. The molecule has 5 heteroatoms. The van der Waals surface area contributed by atoms with Crippen molar-refractivity contribution < 1.29 is 4.79 Å². The molecule has 1 unspecified atom stereocenters. The van der Waals surface area contributed by atoms with Crippen LogP contribution in [0.5, 0.6) is 0 Å². The normalized spacial score (nSPS) is 15.3. The van der Waals surface area contributed by atoms with Gasteiger partial charge in [-0.05, 0) is 55.6 Å². The molecule has 34 heavy (non-hydrogen) atoms. The Labute approximate surface area is 201 Å². The third-order valence-electron chi connectivity index (χ3n) is 6.82. The SMILES string of the molecule is Cc1cccc(C(CC(=O)NC2CCNCC2)c2cn(Cc3ccccc3)c3cnccc23)c1. The first-order valence-corrected chi connectivity index (χ1v) is 12.2. The van der Waals surface area contributed by atoms with Gasteiger partial charge in [-0.1, -0.05) is 60.2 Å². The van der Waals surface area contributed by atoms with Crippen molar-refractivity contribution in [3.63, 3.8) is 0 Å².